The van der Waals surface area contributed by atoms with Crippen molar-refractivity contribution in [3.63, 3.8) is 0 Å². The monoisotopic (exact) mass is 369 g/mol. The van der Waals surface area contributed by atoms with Gasteiger partial charge in [-0.15, -0.1) is 0 Å². The lowest BCUT2D eigenvalue weighted by atomic mass is 10.1. The van der Waals surface area contributed by atoms with E-state index in [1.807, 2.05) is 4.90 Å². The third kappa shape index (κ3) is 3.89. The summed E-state index contributed by atoms with van der Waals surface area (Å²) in [6.45, 7) is 3.28. The molecule has 1 aliphatic rings. The summed E-state index contributed by atoms with van der Waals surface area (Å²) in [4.78, 5) is 36.5. The van der Waals surface area contributed by atoms with E-state index in [4.69, 9.17) is 5.11 Å². The van der Waals surface area contributed by atoms with Crippen LogP contribution in [0.4, 0.5) is 17.1 Å². The molecule has 0 unspecified atom stereocenters. The lowest BCUT2D eigenvalue weighted by Crippen LogP contribution is -2.23. The summed E-state index contributed by atoms with van der Waals surface area (Å²) in [6.07, 6.45) is 2.02. The number of anilines is 2. The summed E-state index contributed by atoms with van der Waals surface area (Å²) in [5, 5.41) is 22.9. The Labute approximate surface area is 155 Å². The molecule has 0 radical (unpaired) electrons. The second-order valence-electron chi connectivity index (χ2n) is 6.44. The molecule has 1 heterocycles. The van der Waals surface area contributed by atoms with Gasteiger partial charge in [0, 0.05) is 30.9 Å². The van der Waals surface area contributed by atoms with Gasteiger partial charge in [-0.2, -0.15) is 0 Å². The van der Waals surface area contributed by atoms with Gasteiger partial charge in [0.25, 0.3) is 11.6 Å². The molecule has 2 aromatic carbocycles. The Hall–Kier alpha value is -3.42. The highest BCUT2D eigenvalue weighted by Gasteiger charge is 2.23. The molecule has 0 bridgehead atoms. The molecule has 0 spiro atoms. The molecule has 8 nitrogen and oxygen atoms in total. The van der Waals surface area contributed by atoms with Crippen molar-refractivity contribution in [2.75, 3.05) is 23.3 Å². The SMILES string of the molecule is Cc1cc(C(=O)O)ccc1NC(=O)c1cc([N+](=O)[O-])ccc1N1CCCC1. The molecule has 3 rings (SSSR count). The average molecular weight is 369 g/mol. The molecule has 0 aliphatic carbocycles. The molecule has 0 atom stereocenters. The highest BCUT2D eigenvalue weighted by Crippen LogP contribution is 2.29. The molecule has 27 heavy (non-hydrogen) atoms. The molecule has 1 amide bonds. The van der Waals surface area contributed by atoms with Crippen molar-refractivity contribution in [2.45, 2.75) is 19.8 Å². The van der Waals surface area contributed by atoms with Crippen LogP contribution in [0.3, 0.4) is 0 Å². The molecular weight excluding hydrogens is 350 g/mol. The largest absolute Gasteiger partial charge is 0.478 e. The molecule has 0 aromatic heterocycles. The fourth-order valence-corrected chi connectivity index (χ4v) is 3.18. The molecule has 2 N–H and O–H groups in total. The fourth-order valence-electron chi connectivity index (χ4n) is 3.18. The maximum atomic E-state index is 12.9. The van der Waals surface area contributed by atoms with Crippen LogP contribution in [0.2, 0.25) is 0 Å². The molecule has 0 saturated carbocycles. The van der Waals surface area contributed by atoms with Crippen LogP contribution in [0.5, 0.6) is 0 Å². The zero-order chi connectivity index (χ0) is 19.6. The van der Waals surface area contributed by atoms with Crippen LogP contribution in [-0.2, 0) is 0 Å². The first-order valence-electron chi connectivity index (χ1n) is 8.55. The average Bonchev–Trinajstić information content (AvgIpc) is 3.17. The number of nitrogens with one attached hydrogen (secondary N) is 1. The Kier molecular flexibility index (Phi) is 5.07. The van der Waals surface area contributed by atoms with Gasteiger partial charge in [-0.3, -0.25) is 14.9 Å². The number of aromatic carboxylic acids is 1. The number of carboxylic acid groups (broad SMARTS) is 1. The number of benzene rings is 2. The van der Waals surface area contributed by atoms with E-state index in [9.17, 15) is 19.7 Å². The maximum absolute atomic E-state index is 12.9. The number of nitro benzene ring substituents is 1. The summed E-state index contributed by atoms with van der Waals surface area (Å²) >= 11 is 0. The van der Waals surface area contributed by atoms with Gasteiger partial charge in [0.15, 0.2) is 0 Å². The lowest BCUT2D eigenvalue weighted by Gasteiger charge is -2.21. The molecule has 1 fully saturated rings. The number of aryl methyl sites for hydroxylation is 1. The van der Waals surface area contributed by atoms with Gasteiger partial charge in [0.1, 0.15) is 0 Å². The van der Waals surface area contributed by atoms with E-state index < -0.39 is 16.8 Å². The van der Waals surface area contributed by atoms with Crippen molar-refractivity contribution in [1.82, 2.24) is 0 Å². The van der Waals surface area contributed by atoms with Crippen LogP contribution in [-0.4, -0.2) is 35.0 Å². The lowest BCUT2D eigenvalue weighted by molar-refractivity contribution is -0.384. The van der Waals surface area contributed by atoms with Crippen molar-refractivity contribution in [3.05, 3.63) is 63.2 Å². The number of amides is 1. The quantitative estimate of drug-likeness (QED) is 0.616. The fraction of sp³-hybridized carbons (Fsp3) is 0.263. The minimum absolute atomic E-state index is 0.124. The molecule has 140 valence electrons. The van der Waals surface area contributed by atoms with Gasteiger partial charge in [-0.05, 0) is 49.6 Å². The minimum Gasteiger partial charge on any atom is -0.478 e. The number of hydrogen-bond donors (Lipinski definition) is 2. The smallest absolute Gasteiger partial charge is 0.335 e. The zero-order valence-corrected chi connectivity index (χ0v) is 14.8. The number of carbonyl (C=O) groups is 2. The van der Waals surface area contributed by atoms with Crippen LogP contribution in [0.1, 0.15) is 39.1 Å². The third-order valence-electron chi connectivity index (χ3n) is 4.60. The number of non-ortho nitro benzene ring substituents is 1. The van der Waals surface area contributed by atoms with E-state index in [0.717, 1.165) is 25.9 Å². The van der Waals surface area contributed by atoms with Crippen LogP contribution >= 0.6 is 0 Å². The van der Waals surface area contributed by atoms with Gasteiger partial charge in [-0.25, -0.2) is 4.79 Å². The first kappa shape index (κ1) is 18.4. The number of rotatable bonds is 5. The number of nitrogens with zero attached hydrogens (tertiary/aromatic N) is 2. The maximum Gasteiger partial charge on any atom is 0.335 e. The van der Waals surface area contributed by atoms with E-state index in [2.05, 4.69) is 5.32 Å². The van der Waals surface area contributed by atoms with Gasteiger partial charge >= 0.3 is 5.97 Å². The number of carbonyl (C=O) groups excluding carboxylic acids is 1. The van der Waals surface area contributed by atoms with Gasteiger partial charge in [0.05, 0.1) is 21.7 Å². The summed E-state index contributed by atoms with van der Waals surface area (Å²) in [5.74, 6) is -1.52. The second-order valence-corrected chi connectivity index (χ2v) is 6.44. The Morgan fingerprint density at radius 2 is 1.85 bits per heavy atom. The summed E-state index contributed by atoms with van der Waals surface area (Å²) < 4.78 is 0. The van der Waals surface area contributed by atoms with E-state index in [1.165, 1.54) is 30.3 Å². The Balaban J connectivity index is 1.94. The van der Waals surface area contributed by atoms with Gasteiger partial charge < -0.3 is 15.3 Å². The van der Waals surface area contributed by atoms with E-state index in [-0.39, 0.29) is 16.8 Å². The van der Waals surface area contributed by atoms with Crippen molar-refractivity contribution < 1.29 is 19.6 Å². The number of carboxylic acids is 1. The summed E-state index contributed by atoms with van der Waals surface area (Å²) in [7, 11) is 0. The summed E-state index contributed by atoms with van der Waals surface area (Å²) in [6, 6.07) is 8.68. The van der Waals surface area contributed by atoms with E-state index in [0.29, 0.717) is 16.9 Å². The first-order chi connectivity index (χ1) is 12.9. The van der Waals surface area contributed by atoms with Crippen molar-refractivity contribution in [1.29, 1.82) is 0 Å². The normalized spacial score (nSPS) is 13.4. The van der Waals surface area contributed by atoms with Crippen LogP contribution in [0.15, 0.2) is 36.4 Å². The van der Waals surface area contributed by atoms with E-state index >= 15 is 0 Å². The Morgan fingerprint density at radius 3 is 2.44 bits per heavy atom. The van der Waals surface area contributed by atoms with Crippen molar-refractivity contribution >= 4 is 28.9 Å². The molecule has 1 saturated heterocycles. The predicted octanol–water partition coefficient (Wildman–Crippen LogP) is 3.45. The molecule has 2 aromatic rings. The van der Waals surface area contributed by atoms with Gasteiger partial charge in [-0.1, -0.05) is 0 Å². The van der Waals surface area contributed by atoms with E-state index in [1.54, 1.807) is 13.0 Å². The topological polar surface area (TPSA) is 113 Å². The van der Waals surface area contributed by atoms with Crippen molar-refractivity contribution in [2.24, 2.45) is 0 Å². The van der Waals surface area contributed by atoms with Crippen molar-refractivity contribution in [3.8, 4) is 0 Å². The van der Waals surface area contributed by atoms with Gasteiger partial charge in [0.2, 0.25) is 0 Å². The van der Waals surface area contributed by atoms with Crippen LogP contribution in [0.25, 0.3) is 0 Å². The van der Waals surface area contributed by atoms with Crippen LogP contribution < -0.4 is 10.2 Å². The number of nitro groups is 1. The summed E-state index contributed by atoms with van der Waals surface area (Å²) in [5.41, 5.74) is 1.92. The van der Waals surface area contributed by atoms with Crippen LogP contribution in [0, 0.1) is 17.0 Å². The number of hydrogen-bond acceptors (Lipinski definition) is 5. The highest BCUT2D eigenvalue weighted by molar-refractivity contribution is 6.09. The zero-order valence-electron chi connectivity index (χ0n) is 14.8. The Bertz CT molecular complexity index is 920. The molecule has 8 heteroatoms. The molecular formula is C19H19N3O5. The first-order valence-corrected chi connectivity index (χ1v) is 8.55. The Morgan fingerprint density at radius 1 is 1.15 bits per heavy atom. The molecule has 1 aliphatic heterocycles. The standard InChI is InChI=1S/C19H19N3O5/c1-12-10-13(19(24)25)4-6-16(12)20-18(23)15-11-14(22(26)27)5-7-17(15)21-8-2-3-9-21/h4-7,10-11H,2-3,8-9H2,1H3,(H,20,23)(H,24,25). The minimum atomic E-state index is -1.05. The second kappa shape index (κ2) is 7.45. The third-order valence-corrected chi connectivity index (χ3v) is 4.60. The predicted molar refractivity (Wildman–Crippen MR) is 101 cm³/mol. The highest BCUT2D eigenvalue weighted by atomic mass is 16.6.